The Hall–Kier alpha value is -2.21. The third kappa shape index (κ3) is 3.51. The Morgan fingerprint density at radius 2 is 2.09 bits per heavy atom. The summed E-state index contributed by atoms with van der Waals surface area (Å²) in [6, 6.07) is 9.25. The van der Waals surface area contributed by atoms with Crippen LogP contribution in [0.25, 0.3) is 0 Å². The average Bonchev–Trinajstić information content (AvgIpc) is 3.06. The van der Waals surface area contributed by atoms with Crippen LogP contribution in [0, 0.1) is 0 Å². The van der Waals surface area contributed by atoms with Gasteiger partial charge in [-0.2, -0.15) is 0 Å². The van der Waals surface area contributed by atoms with Crippen LogP contribution in [0.3, 0.4) is 0 Å². The minimum absolute atomic E-state index is 0.0386. The van der Waals surface area contributed by atoms with E-state index >= 15 is 0 Å². The quantitative estimate of drug-likeness (QED) is 0.890. The molecule has 1 atom stereocenters. The van der Waals surface area contributed by atoms with Gasteiger partial charge in [-0.25, -0.2) is 0 Å². The van der Waals surface area contributed by atoms with Crippen molar-refractivity contribution in [2.45, 2.75) is 19.5 Å². The van der Waals surface area contributed by atoms with Crippen molar-refractivity contribution < 1.29 is 14.3 Å². The van der Waals surface area contributed by atoms with Crippen molar-refractivity contribution in [3.05, 3.63) is 40.6 Å². The van der Waals surface area contributed by atoms with Crippen molar-refractivity contribution in [3.8, 4) is 11.5 Å². The first-order chi connectivity index (χ1) is 10.7. The van der Waals surface area contributed by atoms with E-state index in [4.69, 9.17) is 9.47 Å². The Morgan fingerprint density at radius 1 is 1.27 bits per heavy atom. The summed E-state index contributed by atoms with van der Waals surface area (Å²) in [6.07, 6.45) is 0. The molecule has 0 fully saturated rings. The van der Waals surface area contributed by atoms with E-state index in [1.165, 1.54) is 0 Å². The van der Waals surface area contributed by atoms with Crippen molar-refractivity contribution in [1.82, 2.24) is 5.32 Å². The number of nitrogens with one attached hydrogen (secondary N) is 2. The fourth-order valence-corrected chi connectivity index (χ4v) is 2.83. The summed E-state index contributed by atoms with van der Waals surface area (Å²) in [7, 11) is 0. The molecule has 2 N–H and O–H groups in total. The maximum absolute atomic E-state index is 12.1. The molecule has 2 heterocycles. The molecule has 22 heavy (non-hydrogen) atoms. The number of ether oxygens (including phenoxy) is 2. The number of rotatable bonds is 5. The van der Waals surface area contributed by atoms with E-state index < -0.39 is 0 Å². The zero-order valence-corrected chi connectivity index (χ0v) is 13.1. The van der Waals surface area contributed by atoms with Gasteiger partial charge < -0.3 is 20.1 Å². The van der Waals surface area contributed by atoms with Gasteiger partial charge in [0, 0.05) is 16.6 Å². The lowest BCUT2D eigenvalue weighted by Crippen LogP contribution is -2.37. The number of carbonyl (C=O) groups excluding carboxylic acids is 1. The lowest BCUT2D eigenvalue weighted by atomic mass is 10.2. The van der Waals surface area contributed by atoms with Gasteiger partial charge in [0.2, 0.25) is 5.91 Å². The van der Waals surface area contributed by atoms with Crippen LogP contribution in [-0.4, -0.2) is 25.2 Å². The molecular formula is C16H18N2O3S. The van der Waals surface area contributed by atoms with Crippen LogP contribution in [0.5, 0.6) is 11.5 Å². The smallest absolute Gasteiger partial charge is 0.242 e. The van der Waals surface area contributed by atoms with E-state index in [-0.39, 0.29) is 11.9 Å². The molecule has 116 valence electrons. The molecule has 1 aliphatic rings. The van der Waals surface area contributed by atoms with Gasteiger partial charge in [-0.1, -0.05) is 6.07 Å². The van der Waals surface area contributed by atoms with Crippen LogP contribution in [0.1, 0.15) is 11.8 Å². The van der Waals surface area contributed by atoms with E-state index in [9.17, 15) is 4.79 Å². The minimum Gasteiger partial charge on any atom is -0.486 e. The largest absolute Gasteiger partial charge is 0.486 e. The summed E-state index contributed by atoms with van der Waals surface area (Å²) in [5, 5.41) is 8.10. The molecule has 6 heteroatoms. The molecule has 2 aromatic rings. The first-order valence-corrected chi connectivity index (χ1v) is 8.06. The number of hydrogen-bond acceptors (Lipinski definition) is 5. The van der Waals surface area contributed by atoms with Crippen molar-refractivity contribution in [2.75, 3.05) is 18.5 Å². The van der Waals surface area contributed by atoms with Crippen LogP contribution in [-0.2, 0) is 11.3 Å². The third-order valence-electron chi connectivity index (χ3n) is 3.34. The number of anilines is 1. The van der Waals surface area contributed by atoms with Crippen LogP contribution in [0.15, 0.2) is 35.7 Å². The molecular weight excluding hydrogens is 300 g/mol. The molecule has 1 unspecified atom stereocenters. The maximum Gasteiger partial charge on any atom is 0.242 e. The zero-order valence-electron chi connectivity index (χ0n) is 12.3. The summed E-state index contributed by atoms with van der Waals surface area (Å²) in [4.78, 5) is 13.2. The highest BCUT2D eigenvalue weighted by molar-refractivity contribution is 7.09. The van der Waals surface area contributed by atoms with E-state index in [0.717, 1.165) is 16.3 Å². The molecule has 1 aromatic carbocycles. The van der Waals surface area contributed by atoms with Gasteiger partial charge >= 0.3 is 0 Å². The fraction of sp³-hybridized carbons (Fsp3) is 0.312. The number of carbonyl (C=O) groups is 1. The van der Waals surface area contributed by atoms with Crippen molar-refractivity contribution in [1.29, 1.82) is 0 Å². The number of benzene rings is 1. The molecule has 5 nitrogen and oxygen atoms in total. The maximum atomic E-state index is 12.1. The minimum atomic E-state index is -0.331. The Bertz CT molecular complexity index is 643. The van der Waals surface area contributed by atoms with Gasteiger partial charge in [0.25, 0.3) is 0 Å². The van der Waals surface area contributed by atoms with Gasteiger partial charge in [0.05, 0.1) is 6.54 Å². The van der Waals surface area contributed by atoms with E-state index in [1.54, 1.807) is 11.3 Å². The summed E-state index contributed by atoms with van der Waals surface area (Å²) >= 11 is 1.63. The van der Waals surface area contributed by atoms with E-state index in [1.807, 2.05) is 42.6 Å². The topological polar surface area (TPSA) is 59.6 Å². The van der Waals surface area contributed by atoms with Gasteiger partial charge in [-0.05, 0) is 30.5 Å². The van der Waals surface area contributed by atoms with Crippen molar-refractivity contribution in [3.63, 3.8) is 0 Å². The zero-order chi connectivity index (χ0) is 15.4. The second kappa shape index (κ2) is 6.70. The molecule has 0 aliphatic carbocycles. The molecule has 0 saturated carbocycles. The highest BCUT2D eigenvalue weighted by Gasteiger charge is 2.15. The van der Waals surface area contributed by atoms with Crippen LogP contribution < -0.4 is 20.1 Å². The molecule has 0 saturated heterocycles. The Morgan fingerprint density at radius 3 is 2.86 bits per heavy atom. The third-order valence-corrected chi connectivity index (χ3v) is 4.21. The van der Waals surface area contributed by atoms with Gasteiger partial charge in [0.1, 0.15) is 19.3 Å². The standard InChI is InChI=1S/C16H18N2O3S/c1-11(16(19)17-10-13-3-2-8-22-13)18-12-4-5-14-15(9-12)21-7-6-20-14/h2-5,8-9,11,18H,6-7,10H2,1H3,(H,17,19). The predicted octanol–water partition coefficient (Wildman–Crippen LogP) is 2.64. The first-order valence-electron chi connectivity index (χ1n) is 7.18. The highest BCUT2D eigenvalue weighted by atomic mass is 32.1. The van der Waals surface area contributed by atoms with E-state index in [2.05, 4.69) is 10.6 Å². The number of hydrogen-bond donors (Lipinski definition) is 2. The molecule has 1 aliphatic heterocycles. The number of amides is 1. The number of fused-ring (bicyclic) bond motifs is 1. The second-order valence-electron chi connectivity index (χ2n) is 5.02. The molecule has 0 spiro atoms. The Kier molecular flexibility index (Phi) is 4.48. The highest BCUT2D eigenvalue weighted by Crippen LogP contribution is 2.32. The molecule has 1 amide bonds. The summed E-state index contributed by atoms with van der Waals surface area (Å²) in [5.74, 6) is 1.41. The van der Waals surface area contributed by atoms with Crippen molar-refractivity contribution in [2.24, 2.45) is 0 Å². The van der Waals surface area contributed by atoms with Gasteiger partial charge in [0.15, 0.2) is 11.5 Å². The normalized spacial score (nSPS) is 14.2. The van der Waals surface area contributed by atoms with Crippen molar-refractivity contribution >= 4 is 22.9 Å². The fourth-order valence-electron chi connectivity index (χ4n) is 2.19. The van der Waals surface area contributed by atoms with E-state index in [0.29, 0.717) is 25.5 Å². The van der Waals surface area contributed by atoms with Crippen LogP contribution >= 0.6 is 11.3 Å². The molecule has 3 rings (SSSR count). The van der Waals surface area contributed by atoms with Gasteiger partial charge in [-0.15, -0.1) is 11.3 Å². The lowest BCUT2D eigenvalue weighted by Gasteiger charge is -2.20. The summed E-state index contributed by atoms with van der Waals surface area (Å²) < 4.78 is 11.0. The number of thiophene rings is 1. The first kappa shape index (κ1) is 14.7. The lowest BCUT2D eigenvalue weighted by molar-refractivity contribution is -0.121. The van der Waals surface area contributed by atoms with Gasteiger partial charge in [-0.3, -0.25) is 4.79 Å². The summed E-state index contributed by atoms with van der Waals surface area (Å²) in [6.45, 7) is 3.51. The molecule has 1 aromatic heterocycles. The Labute approximate surface area is 133 Å². The summed E-state index contributed by atoms with van der Waals surface area (Å²) in [5.41, 5.74) is 0.836. The second-order valence-corrected chi connectivity index (χ2v) is 6.05. The van der Waals surface area contributed by atoms with Crippen LogP contribution in [0.4, 0.5) is 5.69 Å². The monoisotopic (exact) mass is 318 g/mol. The Balaban J connectivity index is 1.56. The predicted molar refractivity (Wildman–Crippen MR) is 86.7 cm³/mol. The average molecular weight is 318 g/mol. The molecule has 0 bridgehead atoms. The molecule has 0 radical (unpaired) electrons. The SMILES string of the molecule is CC(Nc1ccc2c(c1)OCCO2)C(=O)NCc1cccs1. The van der Waals surface area contributed by atoms with Crippen LogP contribution in [0.2, 0.25) is 0 Å².